The van der Waals surface area contributed by atoms with Gasteiger partial charge in [-0.2, -0.15) is 0 Å². The fourth-order valence-corrected chi connectivity index (χ4v) is 4.19. The second kappa shape index (κ2) is 6.19. The highest BCUT2D eigenvalue weighted by Gasteiger charge is 2.47. The van der Waals surface area contributed by atoms with E-state index < -0.39 is 0 Å². The van der Waals surface area contributed by atoms with Gasteiger partial charge in [-0.25, -0.2) is 0 Å². The molecule has 24 heavy (non-hydrogen) atoms. The van der Waals surface area contributed by atoms with Crippen LogP contribution in [0.2, 0.25) is 5.02 Å². The Morgan fingerprint density at radius 2 is 2.04 bits per heavy atom. The molecule has 1 fully saturated rings. The molecule has 0 unspecified atom stereocenters. The van der Waals surface area contributed by atoms with Gasteiger partial charge in [0.15, 0.2) is 0 Å². The van der Waals surface area contributed by atoms with Gasteiger partial charge in [-0.15, -0.1) is 0 Å². The van der Waals surface area contributed by atoms with E-state index in [0.717, 1.165) is 32.5 Å². The third-order valence-corrected chi connectivity index (χ3v) is 5.46. The molecule has 4 rings (SSSR count). The molecule has 1 atom stereocenters. The number of hydrogen-bond donors (Lipinski definition) is 1. The summed E-state index contributed by atoms with van der Waals surface area (Å²) in [7, 11) is 0. The Morgan fingerprint density at radius 3 is 2.83 bits per heavy atom. The molecule has 2 heterocycles. The number of carbonyl (C=O) groups is 1. The molecule has 1 aromatic carbocycles. The number of ether oxygens (including phenoxy) is 1. The number of carbonyl (C=O) groups excluding carboxylic acids is 1. The molecule has 1 aromatic heterocycles. The van der Waals surface area contributed by atoms with Crippen molar-refractivity contribution in [2.24, 2.45) is 5.41 Å². The zero-order valence-corrected chi connectivity index (χ0v) is 14.1. The van der Waals surface area contributed by atoms with Crippen LogP contribution in [-0.2, 0) is 11.2 Å². The van der Waals surface area contributed by atoms with Gasteiger partial charge >= 0.3 is 0 Å². The molecule has 1 aliphatic heterocycles. The molecule has 124 valence electrons. The molecule has 0 saturated carbocycles. The van der Waals surface area contributed by atoms with Crippen molar-refractivity contribution < 1.29 is 9.53 Å². The van der Waals surface area contributed by atoms with Crippen LogP contribution in [0, 0.1) is 5.41 Å². The van der Waals surface area contributed by atoms with Crippen LogP contribution in [0.4, 0.5) is 0 Å². The summed E-state index contributed by atoms with van der Waals surface area (Å²) in [6.07, 6.45) is 5.99. The van der Waals surface area contributed by atoms with E-state index in [9.17, 15) is 4.79 Å². The number of nitrogens with one attached hydrogen (secondary N) is 1. The predicted molar refractivity (Wildman–Crippen MR) is 92.1 cm³/mol. The molecule has 5 heteroatoms. The molecule has 2 aliphatic rings. The fourth-order valence-electron chi connectivity index (χ4n) is 4.01. The van der Waals surface area contributed by atoms with Crippen molar-refractivity contribution >= 4 is 17.5 Å². The number of benzene rings is 1. The van der Waals surface area contributed by atoms with Gasteiger partial charge in [-0.05, 0) is 36.5 Å². The van der Waals surface area contributed by atoms with E-state index in [2.05, 4.69) is 28.5 Å². The van der Waals surface area contributed by atoms with Crippen molar-refractivity contribution in [2.45, 2.75) is 25.3 Å². The number of pyridine rings is 1. The Balaban J connectivity index is 1.66. The number of halogens is 1. The maximum Gasteiger partial charge on any atom is 0.253 e. The molecule has 2 aromatic rings. The minimum absolute atomic E-state index is 0.00378. The number of nitrogens with zero attached hydrogens (tertiary/aromatic N) is 1. The van der Waals surface area contributed by atoms with Crippen molar-refractivity contribution in [2.75, 3.05) is 13.2 Å². The van der Waals surface area contributed by atoms with E-state index in [1.54, 1.807) is 12.3 Å². The zero-order valence-electron chi connectivity index (χ0n) is 13.3. The average molecular weight is 343 g/mol. The molecule has 1 N–H and O–H groups in total. The monoisotopic (exact) mass is 342 g/mol. The molecule has 1 saturated heterocycles. The lowest BCUT2D eigenvalue weighted by Crippen LogP contribution is -2.42. The quantitative estimate of drug-likeness (QED) is 0.907. The maximum absolute atomic E-state index is 12.7. The van der Waals surface area contributed by atoms with Crippen LogP contribution in [0.5, 0.6) is 0 Å². The summed E-state index contributed by atoms with van der Waals surface area (Å²) in [5.41, 5.74) is 3.09. The highest BCUT2D eigenvalue weighted by Crippen LogP contribution is 2.51. The molecule has 1 amide bonds. The Hall–Kier alpha value is -1.91. The summed E-state index contributed by atoms with van der Waals surface area (Å²) in [6, 6.07) is 10.1. The summed E-state index contributed by atoms with van der Waals surface area (Å²) in [5.74, 6) is -0.127. The topological polar surface area (TPSA) is 51.2 Å². The first kappa shape index (κ1) is 15.6. The predicted octanol–water partition coefficient (Wildman–Crippen LogP) is 3.56. The minimum atomic E-state index is -0.127. The first-order valence-corrected chi connectivity index (χ1v) is 8.63. The van der Waals surface area contributed by atoms with Crippen LogP contribution >= 0.6 is 11.6 Å². The van der Waals surface area contributed by atoms with E-state index in [1.165, 1.54) is 17.3 Å². The van der Waals surface area contributed by atoms with Gasteiger partial charge in [0.1, 0.15) is 0 Å². The van der Waals surface area contributed by atoms with Crippen LogP contribution < -0.4 is 5.32 Å². The van der Waals surface area contributed by atoms with Crippen LogP contribution in [0.1, 0.15) is 40.4 Å². The third kappa shape index (κ3) is 2.70. The Morgan fingerprint density at radius 1 is 1.25 bits per heavy atom. The second-order valence-electron chi connectivity index (χ2n) is 6.65. The van der Waals surface area contributed by atoms with Crippen molar-refractivity contribution in [3.05, 3.63) is 64.4 Å². The fraction of sp³-hybridized carbons (Fsp3) is 0.368. The first-order chi connectivity index (χ1) is 11.7. The molecule has 1 spiro atoms. The largest absolute Gasteiger partial charge is 0.381 e. The standard InChI is InChI=1S/C19H19ClN2O2/c20-15-9-14(11-21-12-15)18(23)22-17-16-4-2-1-3-13(16)10-19(17)5-7-24-8-6-19/h1-4,9,11-12,17H,5-8,10H2,(H,22,23)/t17-/m1/s1. The second-order valence-corrected chi connectivity index (χ2v) is 7.09. The Bertz CT molecular complexity index is 771. The summed E-state index contributed by atoms with van der Waals surface area (Å²) < 4.78 is 5.57. The van der Waals surface area contributed by atoms with Crippen molar-refractivity contribution in [1.29, 1.82) is 0 Å². The van der Waals surface area contributed by atoms with E-state index in [-0.39, 0.29) is 17.4 Å². The molecule has 0 bridgehead atoms. The SMILES string of the molecule is O=C(N[C@@H]1c2ccccc2CC12CCOCC2)c1cncc(Cl)c1. The van der Waals surface area contributed by atoms with Gasteiger partial charge in [0.25, 0.3) is 5.91 Å². The Labute approximate surface area is 146 Å². The van der Waals surface area contributed by atoms with Gasteiger partial charge in [0.05, 0.1) is 16.6 Å². The average Bonchev–Trinajstić information content (AvgIpc) is 2.88. The first-order valence-electron chi connectivity index (χ1n) is 8.25. The lowest BCUT2D eigenvalue weighted by atomic mass is 9.74. The van der Waals surface area contributed by atoms with Crippen molar-refractivity contribution in [3.8, 4) is 0 Å². The van der Waals surface area contributed by atoms with Crippen LogP contribution in [-0.4, -0.2) is 24.1 Å². The molecule has 0 radical (unpaired) electrons. The minimum Gasteiger partial charge on any atom is -0.381 e. The van der Waals surface area contributed by atoms with Crippen LogP contribution in [0.15, 0.2) is 42.7 Å². The summed E-state index contributed by atoms with van der Waals surface area (Å²) in [4.78, 5) is 16.8. The number of aromatic nitrogens is 1. The third-order valence-electron chi connectivity index (χ3n) is 5.25. The molecular formula is C19H19ClN2O2. The van der Waals surface area contributed by atoms with E-state index in [1.807, 2.05) is 6.07 Å². The highest BCUT2D eigenvalue weighted by molar-refractivity contribution is 6.30. The van der Waals surface area contributed by atoms with Gasteiger partial charge in [0, 0.05) is 31.0 Å². The molecular weight excluding hydrogens is 324 g/mol. The number of amides is 1. The summed E-state index contributed by atoms with van der Waals surface area (Å²) in [5, 5.41) is 3.71. The number of rotatable bonds is 2. The smallest absolute Gasteiger partial charge is 0.253 e. The zero-order chi connectivity index (χ0) is 16.6. The summed E-state index contributed by atoms with van der Waals surface area (Å²) in [6.45, 7) is 1.50. The summed E-state index contributed by atoms with van der Waals surface area (Å²) >= 11 is 5.97. The van der Waals surface area contributed by atoms with Gasteiger partial charge in [0.2, 0.25) is 0 Å². The molecule has 1 aliphatic carbocycles. The van der Waals surface area contributed by atoms with Crippen LogP contribution in [0.25, 0.3) is 0 Å². The van der Waals surface area contributed by atoms with Crippen molar-refractivity contribution in [3.63, 3.8) is 0 Å². The lowest BCUT2D eigenvalue weighted by Gasteiger charge is -2.39. The van der Waals surface area contributed by atoms with Gasteiger partial charge in [-0.3, -0.25) is 9.78 Å². The normalized spacial score (nSPS) is 21.5. The van der Waals surface area contributed by atoms with Crippen molar-refractivity contribution in [1.82, 2.24) is 10.3 Å². The van der Waals surface area contributed by atoms with E-state index >= 15 is 0 Å². The van der Waals surface area contributed by atoms with Gasteiger partial charge in [-0.1, -0.05) is 35.9 Å². The highest BCUT2D eigenvalue weighted by atomic mass is 35.5. The number of fused-ring (bicyclic) bond motifs is 1. The van der Waals surface area contributed by atoms with Crippen LogP contribution in [0.3, 0.4) is 0 Å². The Kier molecular flexibility index (Phi) is 4.02. The van der Waals surface area contributed by atoms with E-state index in [4.69, 9.17) is 16.3 Å². The number of hydrogen-bond acceptors (Lipinski definition) is 3. The maximum atomic E-state index is 12.7. The lowest BCUT2D eigenvalue weighted by molar-refractivity contribution is 0.000548. The molecule has 4 nitrogen and oxygen atoms in total. The van der Waals surface area contributed by atoms with Gasteiger partial charge < -0.3 is 10.1 Å². The van der Waals surface area contributed by atoms with E-state index in [0.29, 0.717) is 10.6 Å².